The van der Waals surface area contributed by atoms with Crippen LogP contribution in [0, 0.1) is 0 Å². The molecule has 6 heteroatoms. The number of carbonyl (C=O) groups is 2. The van der Waals surface area contributed by atoms with Crippen molar-refractivity contribution in [2.45, 2.75) is 25.9 Å². The summed E-state index contributed by atoms with van der Waals surface area (Å²) in [6.07, 6.45) is 4.14. The van der Waals surface area contributed by atoms with Crippen molar-refractivity contribution in [1.82, 2.24) is 15.2 Å². The molecule has 1 atom stereocenters. The van der Waals surface area contributed by atoms with Gasteiger partial charge in [0.1, 0.15) is 0 Å². The van der Waals surface area contributed by atoms with E-state index in [1.54, 1.807) is 24.5 Å². The standard InChI is InChI=1S/C19H22N4O2/c1-14(23-10-8-15-5-2-3-6-16(15)13-23)19(25)21-12-18(24)22-17-7-4-9-20-11-17/h2-7,9,11,14H,8,10,12-13H2,1H3,(H,21,25)(H,22,24). The Morgan fingerprint density at radius 1 is 1.20 bits per heavy atom. The summed E-state index contributed by atoms with van der Waals surface area (Å²) in [4.78, 5) is 30.3. The minimum atomic E-state index is -0.278. The van der Waals surface area contributed by atoms with Crippen molar-refractivity contribution >= 4 is 17.5 Å². The number of amides is 2. The molecule has 2 aromatic rings. The van der Waals surface area contributed by atoms with Gasteiger partial charge in [0.2, 0.25) is 11.8 Å². The lowest BCUT2D eigenvalue weighted by atomic mass is 9.99. The van der Waals surface area contributed by atoms with E-state index in [2.05, 4.69) is 32.7 Å². The number of benzene rings is 1. The summed E-state index contributed by atoms with van der Waals surface area (Å²) in [5.74, 6) is -0.404. The van der Waals surface area contributed by atoms with E-state index in [1.807, 2.05) is 19.1 Å². The van der Waals surface area contributed by atoms with Crippen LogP contribution in [0.25, 0.3) is 0 Å². The second-order valence-electron chi connectivity index (χ2n) is 6.17. The van der Waals surface area contributed by atoms with E-state index in [1.165, 1.54) is 11.1 Å². The second-order valence-corrected chi connectivity index (χ2v) is 6.17. The molecular weight excluding hydrogens is 316 g/mol. The Morgan fingerprint density at radius 3 is 2.76 bits per heavy atom. The Hall–Kier alpha value is -2.73. The van der Waals surface area contributed by atoms with E-state index in [-0.39, 0.29) is 24.4 Å². The summed E-state index contributed by atoms with van der Waals surface area (Å²) in [7, 11) is 0. The fraction of sp³-hybridized carbons (Fsp3) is 0.316. The summed E-state index contributed by atoms with van der Waals surface area (Å²) >= 11 is 0. The fourth-order valence-electron chi connectivity index (χ4n) is 2.97. The van der Waals surface area contributed by atoms with Gasteiger partial charge in [-0.25, -0.2) is 0 Å². The first-order chi connectivity index (χ1) is 12.1. The number of hydrogen-bond donors (Lipinski definition) is 2. The molecule has 0 radical (unpaired) electrons. The summed E-state index contributed by atoms with van der Waals surface area (Å²) in [5.41, 5.74) is 3.23. The van der Waals surface area contributed by atoms with Crippen molar-refractivity contribution in [3.63, 3.8) is 0 Å². The van der Waals surface area contributed by atoms with Gasteiger partial charge in [-0.2, -0.15) is 0 Å². The molecule has 3 rings (SSSR count). The van der Waals surface area contributed by atoms with Gasteiger partial charge in [-0.1, -0.05) is 24.3 Å². The second kappa shape index (κ2) is 7.90. The fourth-order valence-corrected chi connectivity index (χ4v) is 2.97. The highest BCUT2D eigenvalue weighted by Crippen LogP contribution is 2.20. The summed E-state index contributed by atoms with van der Waals surface area (Å²) < 4.78 is 0. The van der Waals surface area contributed by atoms with Gasteiger partial charge in [0.05, 0.1) is 24.5 Å². The van der Waals surface area contributed by atoms with E-state index in [0.29, 0.717) is 5.69 Å². The minimum Gasteiger partial charge on any atom is -0.346 e. The molecule has 0 saturated carbocycles. The highest BCUT2D eigenvalue weighted by atomic mass is 16.2. The zero-order valence-corrected chi connectivity index (χ0v) is 14.2. The molecule has 0 saturated heterocycles. The molecule has 2 amide bonds. The lowest BCUT2D eigenvalue weighted by molar-refractivity contribution is -0.128. The maximum absolute atomic E-state index is 12.4. The third-order valence-corrected chi connectivity index (χ3v) is 4.46. The molecule has 2 N–H and O–H groups in total. The SMILES string of the molecule is CC(C(=O)NCC(=O)Nc1cccnc1)N1CCc2ccccc2C1. The van der Waals surface area contributed by atoms with E-state index in [4.69, 9.17) is 0 Å². The van der Waals surface area contributed by atoms with Gasteiger partial charge in [0.25, 0.3) is 0 Å². The van der Waals surface area contributed by atoms with Gasteiger partial charge in [0, 0.05) is 19.3 Å². The molecule has 1 aliphatic rings. The largest absolute Gasteiger partial charge is 0.346 e. The Balaban J connectivity index is 1.49. The number of rotatable bonds is 5. The third kappa shape index (κ3) is 4.42. The molecule has 0 spiro atoms. The van der Waals surface area contributed by atoms with Gasteiger partial charge in [-0.3, -0.25) is 19.5 Å². The monoisotopic (exact) mass is 338 g/mol. The number of carbonyl (C=O) groups excluding carboxylic acids is 2. The number of fused-ring (bicyclic) bond motifs is 1. The van der Waals surface area contributed by atoms with Gasteiger partial charge >= 0.3 is 0 Å². The highest BCUT2D eigenvalue weighted by Gasteiger charge is 2.25. The van der Waals surface area contributed by atoms with Crippen LogP contribution in [-0.2, 0) is 22.6 Å². The number of anilines is 1. The van der Waals surface area contributed by atoms with Crippen LogP contribution in [0.1, 0.15) is 18.1 Å². The zero-order chi connectivity index (χ0) is 17.6. The van der Waals surface area contributed by atoms with Crippen LogP contribution in [0.2, 0.25) is 0 Å². The average molecular weight is 338 g/mol. The Labute approximate surface area is 147 Å². The molecule has 1 aliphatic heterocycles. The molecule has 0 bridgehead atoms. The predicted octanol–water partition coefficient (Wildman–Crippen LogP) is 1.58. The first-order valence-corrected chi connectivity index (χ1v) is 8.42. The van der Waals surface area contributed by atoms with Crippen LogP contribution in [-0.4, -0.2) is 40.8 Å². The number of pyridine rings is 1. The van der Waals surface area contributed by atoms with Crippen molar-refractivity contribution in [2.24, 2.45) is 0 Å². The molecule has 2 heterocycles. The van der Waals surface area contributed by atoms with Crippen LogP contribution in [0.4, 0.5) is 5.69 Å². The highest BCUT2D eigenvalue weighted by molar-refractivity contribution is 5.95. The van der Waals surface area contributed by atoms with Crippen LogP contribution >= 0.6 is 0 Å². The molecule has 25 heavy (non-hydrogen) atoms. The number of nitrogens with one attached hydrogen (secondary N) is 2. The molecule has 1 unspecified atom stereocenters. The molecule has 0 fully saturated rings. The number of hydrogen-bond acceptors (Lipinski definition) is 4. The Kier molecular flexibility index (Phi) is 5.40. The van der Waals surface area contributed by atoms with Crippen molar-refractivity contribution < 1.29 is 9.59 Å². The maximum Gasteiger partial charge on any atom is 0.243 e. The molecular formula is C19H22N4O2. The molecule has 130 valence electrons. The van der Waals surface area contributed by atoms with Gasteiger partial charge < -0.3 is 10.6 Å². The number of nitrogens with zero attached hydrogens (tertiary/aromatic N) is 2. The molecule has 6 nitrogen and oxygen atoms in total. The van der Waals surface area contributed by atoms with Gasteiger partial charge in [-0.05, 0) is 36.6 Å². The maximum atomic E-state index is 12.4. The third-order valence-electron chi connectivity index (χ3n) is 4.46. The van der Waals surface area contributed by atoms with Crippen molar-refractivity contribution in [3.05, 3.63) is 59.9 Å². The summed E-state index contributed by atoms with van der Waals surface area (Å²) in [6.45, 7) is 3.42. The first-order valence-electron chi connectivity index (χ1n) is 8.42. The zero-order valence-electron chi connectivity index (χ0n) is 14.2. The topological polar surface area (TPSA) is 74.3 Å². The minimum absolute atomic E-state index is 0.0531. The van der Waals surface area contributed by atoms with E-state index < -0.39 is 0 Å². The van der Waals surface area contributed by atoms with E-state index in [0.717, 1.165) is 19.5 Å². The summed E-state index contributed by atoms with van der Waals surface area (Å²) in [5, 5.41) is 5.41. The lowest BCUT2D eigenvalue weighted by Gasteiger charge is -2.32. The summed E-state index contributed by atoms with van der Waals surface area (Å²) in [6, 6.07) is 11.5. The van der Waals surface area contributed by atoms with Crippen molar-refractivity contribution in [2.75, 3.05) is 18.4 Å². The van der Waals surface area contributed by atoms with Crippen LogP contribution in [0.5, 0.6) is 0 Å². The average Bonchev–Trinajstić information content (AvgIpc) is 2.66. The van der Waals surface area contributed by atoms with Crippen LogP contribution in [0.15, 0.2) is 48.8 Å². The Bertz CT molecular complexity index is 748. The number of aromatic nitrogens is 1. The smallest absolute Gasteiger partial charge is 0.243 e. The van der Waals surface area contributed by atoms with Crippen LogP contribution < -0.4 is 10.6 Å². The van der Waals surface area contributed by atoms with E-state index in [9.17, 15) is 9.59 Å². The quantitative estimate of drug-likeness (QED) is 0.868. The molecule has 1 aromatic carbocycles. The van der Waals surface area contributed by atoms with E-state index >= 15 is 0 Å². The normalized spacial score (nSPS) is 15.1. The first kappa shape index (κ1) is 17.1. The molecule has 1 aromatic heterocycles. The van der Waals surface area contributed by atoms with Gasteiger partial charge in [0.15, 0.2) is 0 Å². The van der Waals surface area contributed by atoms with Crippen molar-refractivity contribution in [3.8, 4) is 0 Å². The van der Waals surface area contributed by atoms with Crippen LogP contribution in [0.3, 0.4) is 0 Å². The van der Waals surface area contributed by atoms with Gasteiger partial charge in [-0.15, -0.1) is 0 Å². The molecule has 0 aliphatic carbocycles. The lowest BCUT2D eigenvalue weighted by Crippen LogP contribution is -2.48. The predicted molar refractivity (Wildman–Crippen MR) is 95.9 cm³/mol. The Morgan fingerprint density at radius 2 is 2.00 bits per heavy atom. The van der Waals surface area contributed by atoms with Crippen molar-refractivity contribution in [1.29, 1.82) is 0 Å².